The summed E-state index contributed by atoms with van der Waals surface area (Å²) < 4.78 is 11.0. The van der Waals surface area contributed by atoms with E-state index in [2.05, 4.69) is 25.2 Å². The molecule has 1 atom stereocenters. The fourth-order valence-corrected chi connectivity index (χ4v) is 3.14. The normalized spacial score (nSPS) is 18.3. The zero-order chi connectivity index (χ0) is 13.8. The van der Waals surface area contributed by atoms with Crippen LogP contribution in [0.25, 0.3) is 0 Å². The van der Waals surface area contributed by atoms with Crippen molar-refractivity contribution in [3.63, 3.8) is 0 Å². The Hall–Kier alpha value is -1.26. The monoisotopic (exact) mass is 266 g/mol. The highest BCUT2D eigenvalue weighted by molar-refractivity contribution is 5.48. The largest absolute Gasteiger partial charge is 0.497 e. The molecule has 1 heterocycles. The number of likely N-dealkylation sites (N-methyl/N-ethyl adjacent to an activating group) is 1. The second kappa shape index (κ2) is 6.26. The number of rotatable bonds is 5. The van der Waals surface area contributed by atoms with E-state index in [-0.39, 0.29) is 0 Å². The van der Waals surface area contributed by atoms with Gasteiger partial charge < -0.3 is 19.7 Å². The molecule has 4 nitrogen and oxygen atoms in total. The lowest BCUT2D eigenvalue weighted by atomic mass is 9.94. The molecule has 0 aromatic heterocycles. The van der Waals surface area contributed by atoms with E-state index < -0.39 is 0 Å². The zero-order valence-electron chi connectivity index (χ0n) is 12.5. The second-order valence-corrected chi connectivity index (χ2v) is 5.05. The van der Waals surface area contributed by atoms with E-state index in [1.54, 1.807) is 19.1 Å². The summed E-state index contributed by atoms with van der Waals surface area (Å²) in [5, 5.41) is 2.39. The molecule has 106 valence electrons. The lowest BCUT2D eigenvalue weighted by Crippen LogP contribution is -3.14. The van der Waals surface area contributed by atoms with Crippen LogP contribution in [0.5, 0.6) is 11.5 Å². The first-order chi connectivity index (χ1) is 9.24. The van der Waals surface area contributed by atoms with E-state index in [9.17, 15) is 0 Å². The molecule has 4 heteroatoms. The molecular weight excluding hydrogens is 240 g/mol. The summed E-state index contributed by atoms with van der Waals surface area (Å²) in [5.41, 5.74) is 2.73. The van der Waals surface area contributed by atoms with Crippen molar-refractivity contribution in [2.24, 2.45) is 0 Å². The third-order valence-electron chi connectivity index (χ3n) is 4.17. The van der Waals surface area contributed by atoms with Gasteiger partial charge >= 0.3 is 0 Å². The fraction of sp³-hybridized carbons (Fsp3) is 0.600. The molecule has 0 unspecified atom stereocenters. The average Bonchev–Trinajstić information content (AvgIpc) is 2.47. The molecule has 2 rings (SSSR count). The number of fused-ring (bicyclic) bond motifs is 1. The minimum Gasteiger partial charge on any atom is -0.497 e. The van der Waals surface area contributed by atoms with Gasteiger partial charge in [0.05, 0.1) is 32.9 Å². The Labute approximate surface area is 115 Å². The molecule has 19 heavy (non-hydrogen) atoms. The van der Waals surface area contributed by atoms with Gasteiger partial charge in [-0.2, -0.15) is 0 Å². The number of benzene rings is 1. The van der Waals surface area contributed by atoms with Crippen LogP contribution in [0, 0.1) is 0 Å². The van der Waals surface area contributed by atoms with Gasteiger partial charge in [-0.25, -0.2) is 0 Å². The van der Waals surface area contributed by atoms with Gasteiger partial charge in [0.2, 0.25) is 0 Å². The van der Waals surface area contributed by atoms with Gasteiger partial charge in [-0.1, -0.05) is 0 Å². The summed E-state index contributed by atoms with van der Waals surface area (Å²) in [5.74, 6) is 1.87. The summed E-state index contributed by atoms with van der Waals surface area (Å²) in [7, 11) is 3.46. The molecule has 0 bridgehead atoms. The van der Waals surface area contributed by atoms with Crippen molar-refractivity contribution < 1.29 is 19.7 Å². The van der Waals surface area contributed by atoms with Gasteiger partial charge in [-0.3, -0.25) is 0 Å². The van der Waals surface area contributed by atoms with Crippen LogP contribution in [0.1, 0.15) is 31.0 Å². The van der Waals surface area contributed by atoms with Gasteiger partial charge in [-0.05, 0) is 19.9 Å². The first-order valence-corrected chi connectivity index (χ1v) is 7.16. The van der Waals surface area contributed by atoms with Crippen LogP contribution >= 0.6 is 0 Å². The number of ether oxygens (including phenoxy) is 2. The molecule has 1 aromatic rings. The summed E-state index contributed by atoms with van der Waals surface area (Å²) >= 11 is 0. The highest BCUT2D eigenvalue weighted by Crippen LogP contribution is 2.33. The minimum atomic E-state index is 0.514. The quantitative estimate of drug-likeness (QED) is 0.771. The number of hydrogen-bond donors (Lipinski definition) is 2. The number of nitrogens with one attached hydrogen (secondary N) is 1. The average molecular weight is 266 g/mol. The molecule has 0 aliphatic carbocycles. The van der Waals surface area contributed by atoms with Crippen LogP contribution in [0.2, 0.25) is 0 Å². The number of quaternary nitrogens is 2. The number of methoxy groups -OCH3 is 2. The Bertz CT molecular complexity index is 413. The van der Waals surface area contributed by atoms with E-state index in [4.69, 9.17) is 9.47 Å². The molecule has 0 fully saturated rings. The van der Waals surface area contributed by atoms with Crippen LogP contribution in [-0.4, -0.2) is 33.9 Å². The Kier molecular flexibility index (Phi) is 4.66. The van der Waals surface area contributed by atoms with Crippen LogP contribution in [0.15, 0.2) is 12.1 Å². The molecule has 0 amide bonds. The van der Waals surface area contributed by atoms with E-state index in [1.165, 1.54) is 11.1 Å². The number of hydrogen-bond acceptors (Lipinski definition) is 2. The predicted molar refractivity (Wildman–Crippen MR) is 74.8 cm³/mol. The maximum Gasteiger partial charge on any atom is 0.167 e. The molecule has 0 radical (unpaired) electrons. The molecular formula is C15H26N2O2+2. The van der Waals surface area contributed by atoms with Crippen molar-refractivity contribution in [2.45, 2.75) is 26.4 Å². The van der Waals surface area contributed by atoms with Gasteiger partial charge in [0.25, 0.3) is 0 Å². The van der Waals surface area contributed by atoms with Crippen LogP contribution in [0.4, 0.5) is 0 Å². The highest BCUT2D eigenvalue weighted by Gasteiger charge is 2.33. The first-order valence-electron chi connectivity index (χ1n) is 7.16. The van der Waals surface area contributed by atoms with Crippen molar-refractivity contribution in [2.75, 3.05) is 33.9 Å². The van der Waals surface area contributed by atoms with Crippen molar-refractivity contribution >= 4 is 0 Å². The molecule has 0 spiro atoms. The molecule has 3 N–H and O–H groups in total. The van der Waals surface area contributed by atoms with E-state index >= 15 is 0 Å². The van der Waals surface area contributed by atoms with Crippen LogP contribution in [-0.2, 0) is 6.54 Å². The number of nitrogens with two attached hydrogens (primary N) is 1. The van der Waals surface area contributed by atoms with Crippen molar-refractivity contribution in [3.05, 3.63) is 23.3 Å². The standard InChI is InChI=1S/C15H24N2O2/c1-5-17(6-2)13-10-16-9-11-7-12(18-3)8-14(19-4)15(11)13/h7-8,13,16H,5-6,9-10H2,1-4H3/p+2/t13-/m1/s1. The van der Waals surface area contributed by atoms with E-state index in [0.717, 1.165) is 37.7 Å². The lowest BCUT2D eigenvalue weighted by molar-refractivity contribution is -0.945. The third kappa shape index (κ3) is 2.69. The predicted octanol–water partition coefficient (Wildman–Crippen LogP) is -0.253. The zero-order valence-corrected chi connectivity index (χ0v) is 12.5. The van der Waals surface area contributed by atoms with Crippen LogP contribution in [0.3, 0.4) is 0 Å². The molecule has 0 saturated heterocycles. The maximum absolute atomic E-state index is 5.62. The molecule has 0 saturated carbocycles. The van der Waals surface area contributed by atoms with Crippen LogP contribution < -0.4 is 19.7 Å². The SMILES string of the molecule is CC[NH+](CC)[C@@H]1C[NH2+]Cc2cc(OC)cc(OC)c21. The Morgan fingerprint density at radius 3 is 2.53 bits per heavy atom. The van der Waals surface area contributed by atoms with E-state index in [0.29, 0.717) is 6.04 Å². The smallest absolute Gasteiger partial charge is 0.167 e. The maximum atomic E-state index is 5.62. The molecule has 1 aromatic carbocycles. The summed E-state index contributed by atoms with van der Waals surface area (Å²) in [6, 6.07) is 4.68. The van der Waals surface area contributed by atoms with Gasteiger partial charge in [0, 0.05) is 11.6 Å². The Morgan fingerprint density at radius 2 is 1.95 bits per heavy atom. The topological polar surface area (TPSA) is 39.5 Å². The fourth-order valence-electron chi connectivity index (χ4n) is 3.14. The van der Waals surface area contributed by atoms with Crippen molar-refractivity contribution in [1.29, 1.82) is 0 Å². The minimum absolute atomic E-state index is 0.514. The Balaban J connectivity index is 2.47. The van der Waals surface area contributed by atoms with Gasteiger partial charge in [0.1, 0.15) is 24.6 Å². The van der Waals surface area contributed by atoms with Crippen molar-refractivity contribution in [3.8, 4) is 11.5 Å². The summed E-state index contributed by atoms with van der Waals surface area (Å²) in [4.78, 5) is 1.61. The Morgan fingerprint density at radius 1 is 1.21 bits per heavy atom. The van der Waals surface area contributed by atoms with Gasteiger partial charge in [-0.15, -0.1) is 0 Å². The molecule has 1 aliphatic heterocycles. The summed E-state index contributed by atoms with van der Waals surface area (Å²) in [6.45, 7) is 8.94. The van der Waals surface area contributed by atoms with Crippen molar-refractivity contribution in [1.82, 2.24) is 0 Å². The second-order valence-electron chi connectivity index (χ2n) is 5.05. The summed E-state index contributed by atoms with van der Waals surface area (Å²) in [6.07, 6.45) is 0. The van der Waals surface area contributed by atoms with E-state index in [1.807, 2.05) is 6.07 Å². The lowest BCUT2D eigenvalue weighted by Gasteiger charge is -2.31. The van der Waals surface area contributed by atoms with Gasteiger partial charge in [0.15, 0.2) is 6.04 Å². The first kappa shape index (κ1) is 14.2. The highest BCUT2D eigenvalue weighted by atomic mass is 16.5. The molecule has 1 aliphatic rings. The third-order valence-corrected chi connectivity index (χ3v) is 4.17.